The number of nitrogens with one attached hydrogen (secondary N) is 1. The number of nitrogens with zero attached hydrogens (tertiary/aromatic N) is 1. The van der Waals surface area contributed by atoms with E-state index in [1.807, 2.05) is 0 Å². The maximum atomic E-state index is 12.0. The van der Waals surface area contributed by atoms with Gasteiger partial charge < -0.3 is 10.4 Å². The summed E-state index contributed by atoms with van der Waals surface area (Å²) in [6.07, 6.45) is 1.48. The summed E-state index contributed by atoms with van der Waals surface area (Å²) in [6.45, 7) is 5.25. The molecule has 0 saturated heterocycles. The van der Waals surface area contributed by atoms with Gasteiger partial charge in [-0.15, -0.1) is 0 Å². The Kier molecular flexibility index (Phi) is 4.45. The molecule has 1 rings (SSSR count). The smallest absolute Gasteiger partial charge is 0.326 e. The molecule has 1 aromatic rings. The lowest BCUT2D eigenvalue weighted by Gasteiger charge is -2.27. The van der Waals surface area contributed by atoms with Gasteiger partial charge in [0.25, 0.3) is 5.91 Å². The van der Waals surface area contributed by atoms with Crippen molar-refractivity contribution in [3.8, 4) is 0 Å². The van der Waals surface area contributed by atoms with Crippen molar-refractivity contribution in [1.82, 2.24) is 10.3 Å². The van der Waals surface area contributed by atoms with Crippen LogP contribution in [-0.4, -0.2) is 28.0 Å². The van der Waals surface area contributed by atoms with E-state index in [1.54, 1.807) is 32.9 Å². The van der Waals surface area contributed by atoms with Crippen LogP contribution in [-0.2, 0) is 4.79 Å². The molecule has 2 N–H and O–H groups in total. The van der Waals surface area contributed by atoms with E-state index >= 15 is 0 Å². The number of hydrogen-bond acceptors (Lipinski definition) is 3. The summed E-state index contributed by atoms with van der Waals surface area (Å²) in [6, 6.07) is 2.38. The average Bonchev–Trinajstić information content (AvgIpc) is 2.24. The molecule has 0 fully saturated rings. The largest absolute Gasteiger partial charge is 0.480 e. The van der Waals surface area contributed by atoms with Crippen LogP contribution in [0.4, 0.5) is 0 Å². The third-order valence-corrected chi connectivity index (χ3v) is 3.00. The van der Waals surface area contributed by atoms with Crippen molar-refractivity contribution in [1.29, 1.82) is 0 Å². The summed E-state index contributed by atoms with van der Waals surface area (Å²) in [5.74, 6) is -1.58. The van der Waals surface area contributed by atoms with E-state index in [0.717, 1.165) is 0 Å². The summed E-state index contributed by atoms with van der Waals surface area (Å²) in [7, 11) is 0. The summed E-state index contributed by atoms with van der Waals surface area (Å²) in [4.78, 5) is 27.0. The second-order valence-electron chi connectivity index (χ2n) is 4.94. The Morgan fingerprint density at radius 3 is 2.50 bits per heavy atom. The fourth-order valence-corrected chi connectivity index (χ4v) is 1.84. The Morgan fingerprint density at radius 2 is 2.06 bits per heavy atom. The van der Waals surface area contributed by atoms with E-state index < -0.39 is 23.3 Å². The number of carbonyl (C=O) groups is 2. The lowest BCUT2D eigenvalue weighted by Crippen LogP contribution is -2.49. The summed E-state index contributed by atoms with van der Waals surface area (Å²) in [5.41, 5.74) is -0.407. The Morgan fingerprint density at radius 1 is 1.44 bits per heavy atom. The maximum Gasteiger partial charge on any atom is 0.326 e. The number of halogens is 1. The van der Waals surface area contributed by atoms with Gasteiger partial charge in [-0.2, -0.15) is 0 Å². The van der Waals surface area contributed by atoms with E-state index in [9.17, 15) is 9.59 Å². The van der Waals surface area contributed by atoms with Crippen LogP contribution in [0.15, 0.2) is 22.8 Å². The highest BCUT2D eigenvalue weighted by molar-refractivity contribution is 9.10. The number of carbonyl (C=O) groups excluding carboxylic acids is 1. The molecular formula is C12H15BrN2O3. The first-order valence-electron chi connectivity index (χ1n) is 5.37. The van der Waals surface area contributed by atoms with E-state index in [0.29, 0.717) is 4.47 Å². The molecule has 0 aliphatic rings. The van der Waals surface area contributed by atoms with Crippen molar-refractivity contribution in [3.05, 3.63) is 28.5 Å². The minimum atomic E-state index is -1.07. The van der Waals surface area contributed by atoms with Crippen molar-refractivity contribution >= 4 is 27.8 Å². The zero-order chi connectivity index (χ0) is 13.9. The van der Waals surface area contributed by atoms with Gasteiger partial charge in [-0.1, -0.05) is 20.8 Å². The van der Waals surface area contributed by atoms with Crippen LogP contribution in [0.25, 0.3) is 0 Å². The van der Waals surface area contributed by atoms with Crippen LogP contribution in [0.2, 0.25) is 0 Å². The topological polar surface area (TPSA) is 79.3 Å². The third kappa shape index (κ3) is 3.53. The zero-order valence-corrected chi connectivity index (χ0v) is 12.0. The lowest BCUT2D eigenvalue weighted by atomic mass is 9.86. The molecule has 1 heterocycles. The number of aromatic nitrogens is 1. The van der Waals surface area contributed by atoms with Crippen LogP contribution in [0.1, 0.15) is 31.3 Å². The maximum absolute atomic E-state index is 12.0. The first-order chi connectivity index (χ1) is 8.23. The molecule has 0 spiro atoms. The number of pyridine rings is 1. The highest BCUT2D eigenvalue weighted by Gasteiger charge is 2.33. The molecule has 5 nitrogen and oxygen atoms in total. The molecule has 0 unspecified atom stereocenters. The molecule has 18 heavy (non-hydrogen) atoms. The number of aliphatic carboxylic acids is 1. The van der Waals surface area contributed by atoms with Crippen molar-refractivity contribution in [2.24, 2.45) is 5.41 Å². The molecule has 0 bridgehead atoms. The molecular weight excluding hydrogens is 300 g/mol. The molecule has 0 radical (unpaired) electrons. The highest BCUT2D eigenvalue weighted by atomic mass is 79.9. The Balaban J connectivity index is 2.93. The molecule has 0 aliphatic heterocycles. The number of hydrogen-bond donors (Lipinski definition) is 2. The molecule has 0 aromatic carbocycles. The molecule has 98 valence electrons. The normalized spacial score (nSPS) is 12.9. The Labute approximate surface area is 114 Å². The summed E-state index contributed by atoms with van der Waals surface area (Å²) in [5, 5.41) is 11.6. The third-order valence-electron chi connectivity index (χ3n) is 2.36. The zero-order valence-electron chi connectivity index (χ0n) is 10.4. The van der Waals surface area contributed by atoms with E-state index in [2.05, 4.69) is 26.2 Å². The number of carboxylic acids is 1. The van der Waals surface area contributed by atoms with Crippen molar-refractivity contribution in [2.45, 2.75) is 26.8 Å². The highest BCUT2D eigenvalue weighted by Crippen LogP contribution is 2.20. The summed E-state index contributed by atoms with van der Waals surface area (Å²) < 4.78 is 0.528. The van der Waals surface area contributed by atoms with E-state index in [1.165, 1.54) is 6.20 Å². The van der Waals surface area contributed by atoms with Gasteiger partial charge in [0, 0.05) is 10.7 Å². The molecule has 1 amide bonds. The Hall–Kier alpha value is -1.43. The van der Waals surface area contributed by atoms with Gasteiger partial charge in [-0.05, 0) is 33.5 Å². The van der Waals surface area contributed by atoms with Gasteiger partial charge in [-0.3, -0.25) is 4.79 Å². The van der Waals surface area contributed by atoms with E-state index in [-0.39, 0.29) is 5.69 Å². The van der Waals surface area contributed by atoms with Gasteiger partial charge in [0.1, 0.15) is 11.7 Å². The molecule has 0 aliphatic carbocycles. The fraction of sp³-hybridized carbons (Fsp3) is 0.417. The van der Waals surface area contributed by atoms with Crippen molar-refractivity contribution < 1.29 is 14.7 Å². The minimum Gasteiger partial charge on any atom is -0.480 e. The first kappa shape index (κ1) is 14.6. The molecule has 1 atom stereocenters. The first-order valence-corrected chi connectivity index (χ1v) is 6.17. The van der Waals surface area contributed by atoms with Crippen LogP contribution in [0.5, 0.6) is 0 Å². The SMILES string of the molecule is CC(C)(C)[C@@H](NC(=O)c1ncccc1Br)C(=O)O. The fourth-order valence-electron chi connectivity index (χ4n) is 1.40. The average molecular weight is 315 g/mol. The molecule has 6 heteroatoms. The number of rotatable bonds is 3. The van der Waals surface area contributed by atoms with Crippen LogP contribution in [0.3, 0.4) is 0 Å². The van der Waals surface area contributed by atoms with E-state index in [4.69, 9.17) is 5.11 Å². The Bertz CT molecular complexity index is 469. The van der Waals surface area contributed by atoms with Crippen LogP contribution >= 0.6 is 15.9 Å². The van der Waals surface area contributed by atoms with Gasteiger partial charge >= 0.3 is 5.97 Å². The quantitative estimate of drug-likeness (QED) is 0.895. The lowest BCUT2D eigenvalue weighted by molar-refractivity contribution is -0.142. The van der Waals surface area contributed by atoms with Crippen molar-refractivity contribution in [3.63, 3.8) is 0 Å². The monoisotopic (exact) mass is 314 g/mol. The van der Waals surface area contributed by atoms with Crippen LogP contribution < -0.4 is 5.32 Å². The van der Waals surface area contributed by atoms with Gasteiger partial charge in [0.2, 0.25) is 0 Å². The molecule has 1 aromatic heterocycles. The van der Waals surface area contributed by atoms with Gasteiger partial charge in [0.05, 0.1) is 0 Å². The van der Waals surface area contributed by atoms with Crippen LogP contribution in [0, 0.1) is 5.41 Å². The van der Waals surface area contributed by atoms with Gasteiger partial charge in [-0.25, -0.2) is 9.78 Å². The second kappa shape index (κ2) is 5.48. The minimum absolute atomic E-state index is 0.174. The second-order valence-corrected chi connectivity index (χ2v) is 5.80. The predicted octanol–water partition coefficient (Wildman–Crippen LogP) is 2.07. The molecule has 0 saturated carbocycles. The standard InChI is InChI=1S/C12H15BrN2O3/c1-12(2,3)9(11(17)18)15-10(16)8-7(13)5-4-6-14-8/h4-6,9H,1-3H3,(H,15,16)(H,17,18)/t9-/m0/s1. The number of amides is 1. The number of carboxylic acid groups (broad SMARTS) is 1. The summed E-state index contributed by atoms with van der Waals surface area (Å²) >= 11 is 3.20. The predicted molar refractivity (Wildman–Crippen MR) is 70.3 cm³/mol. The van der Waals surface area contributed by atoms with Gasteiger partial charge in [0.15, 0.2) is 0 Å². The van der Waals surface area contributed by atoms with Crippen molar-refractivity contribution in [2.75, 3.05) is 0 Å².